The number of carbonyl (C=O) groups is 2. The van der Waals surface area contributed by atoms with Crippen LogP contribution >= 0.6 is 0 Å². The molecule has 11 heteroatoms. The maximum atomic E-state index is 13.7. The third kappa shape index (κ3) is 3.84. The fraction of sp³-hybridized carbons (Fsp3) is 0.360. The van der Waals surface area contributed by atoms with Crippen LogP contribution in [0.15, 0.2) is 42.5 Å². The van der Waals surface area contributed by atoms with E-state index in [0.717, 1.165) is 5.56 Å². The zero-order chi connectivity index (χ0) is 25.6. The maximum absolute atomic E-state index is 13.7. The van der Waals surface area contributed by atoms with E-state index < -0.39 is 24.2 Å². The van der Waals surface area contributed by atoms with E-state index in [2.05, 4.69) is 15.0 Å². The summed E-state index contributed by atoms with van der Waals surface area (Å²) in [7, 11) is 0. The lowest BCUT2D eigenvalue weighted by molar-refractivity contribution is -0.133. The highest BCUT2D eigenvalue weighted by Crippen LogP contribution is 2.49. The molecule has 2 aliphatic heterocycles. The SMILES string of the molecule is C[C@@]12Cc3c([nH]c4ccc(OC(F)F)cc34)C(c3cccc(O)c3)N1C(=O)N(CCNCCO)C2=O. The number of aromatic hydroxyl groups is 1. The van der Waals surface area contributed by atoms with Gasteiger partial charge in [0.2, 0.25) is 0 Å². The number of aliphatic hydroxyl groups excluding tert-OH is 1. The summed E-state index contributed by atoms with van der Waals surface area (Å²) in [4.78, 5) is 33.4. The van der Waals surface area contributed by atoms with Crippen molar-refractivity contribution in [3.8, 4) is 11.5 Å². The lowest BCUT2D eigenvalue weighted by atomic mass is 9.81. The number of imide groups is 1. The summed E-state index contributed by atoms with van der Waals surface area (Å²) in [6.07, 6.45) is 0.168. The minimum atomic E-state index is -2.98. The van der Waals surface area contributed by atoms with E-state index in [9.17, 15) is 23.5 Å². The van der Waals surface area contributed by atoms with Crippen LogP contribution in [0.3, 0.4) is 0 Å². The van der Waals surface area contributed by atoms with Gasteiger partial charge in [-0.15, -0.1) is 0 Å². The molecule has 4 N–H and O–H groups in total. The van der Waals surface area contributed by atoms with Crippen LogP contribution in [-0.2, 0) is 11.2 Å². The van der Waals surface area contributed by atoms with Crippen LogP contribution < -0.4 is 10.1 Å². The first kappa shape index (κ1) is 24.0. The Hall–Kier alpha value is -3.70. The number of fused-ring (bicyclic) bond motifs is 4. The number of phenolic OH excluding ortho intramolecular Hbond substituents is 1. The van der Waals surface area contributed by atoms with E-state index >= 15 is 0 Å². The van der Waals surface area contributed by atoms with Crippen molar-refractivity contribution >= 4 is 22.8 Å². The van der Waals surface area contributed by atoms with E-state index in [4.69, 9.17) is 5.11 Å². The number of halogens is 2. The van der Waals surface area contributed by atoms with E-state index in [1.807, 2.05) is 0 Å². The van der Waals surface area contributed by atoms with Crippen molar-refractivity contribution in [2.24, 2.45) is 0 Å². The molecule has 0 bridgehead atoms. The molecule has 0 saturated carbocycles. The topological polar surface area (TPSA) is 118 Å². The second-order valence-electron chi connectivity index (χ2n) is 9.13. The van der Waals surface area contributed by atoms with Crippen molar-refractivity contribution < 1.29 is 33.3 Å². The summed E-state index contributed by atoms with van der Waals surface area (Å²) < 4.78 is 30.3. The number of H-pyrrole nitrogens is 1. The first-order valence-corrected chi connectivity index (χ1v) is 11.6. The van der Waals surface area contributed by atoms with Gasteiger partial charge in [0, 0.05) is 42.7 Å². The van der Waals surface area contributed by atoms with Gasteiger partial charge in [0.25, 0.3) is 5.91 Å². The average Bonchev–Trinajstić information content (AvgIpc) is 3.27. The Morgan fingerprint density at radius 2 is 2.03 bits per heavy atom. The molecule has 0 spiro atoms. The summed E-state index contributed by atoms with van der Waals surface area (Å²) >= 11 is 0. The number of phenols is 1. The molecular formula is C25H26F2N4O5. The van der Waals surface area contributed by atoms with Crippen molar-refractivity contribution in [2.45, 2.75) is 31.5 Å². The zero-order valence-corrected chi connectivity index (χ0v) is 19.5. The normalized spacial score (nSPS) is 21.4. The van der Waals surface area contributed by atoms with Crippen molar-refractivity contribution in [1.82, 2.24) is 20.1 Å². The summed E-state index contributed by atoms with van der Waals surface area (Å²) in [6.45, 7) is -0.565. The predicted octanol–water partition coefficient (Wildman–Crippen LogP) is 2.73. The van der Waals surface area contributed by atoms with Crippen molar-refractivity contribution in [1.29, 1.82) is 0 Å². The second kappa shape index (κ2) is 9.07. The van der Waals surface area contributed by atoms with Crippen LogP contribution in [-0.4, -0.2) is 75.3 Å². The molecule has 0 radical (unpaired) electrons. The van der Waals surface area contributed by atoms with E-state index in [-0.39, 0.29) is 37.0 Å². The molecule has 9 nitrogen and oxygen atoms in total. The molecule has 3 heterocycles. The molecule has 3 aromatic rings. The average molecular weight is 501 g/mol. The number of carbonyl (C=O) groups excluding carboxylic acids is 2. The number of alkyl halides is 2. The molecule has 1 saturated heterocycles. The first-order chi connectivity index (χ1) is 17.2. The Morgan fingerprint density at radius 3 is 2.75 bits per heavy atom. The van der Waals surface area contributed by atoms with Gasteiger partial charge in [0.05, 0.1) is 6.61 Å². The number of nitrogens with zero attached hydrogens (tertiary/aromatic N) is 2. The standard InChI is InChI=1S/C25H26F2N4O5/c1-25-13-18-17-12-16(36-23(26)27)5-6-19(17)29-20(18)21(14-3-2-4-15(33)11-14)31(25)24(35)30(22(25)34)9-7-28-8-10-32/h2-6,11-12,21,23,28-29,32-33H,7-10,13H2,1H3/t21?,25-/m0/s1. The summed E-state index contributed by atoms with van der Waals surface area (Å²) in [5, 5.41) is 22.8. The highest BCUT2D eigenvalue weighted by atomic mass is 19.3. The molecule has 1 unspecified atom stereocenters. The molecule has 2 aliphatic rings. The minimum Gasteiger partial charge on any atom is -0.508 e. The Labute approximate surface area is 205 Å². The van der Waals surface area contributed by atoms with Crippen LogP contribution in [0.5, 0.6) is 11.5 Å². The van der Waals surface area contributed by atoms with Crippen molar-refractivity contribution in [3.05, 3.63) is 59.3 Å². The molecule has 0 aliphatic carbocycles. The van der Waals surface area contributed by atoms with Crippen LogP contribution in [0.1, 0.15) is 29.8 Å². The van der Waals surface area contributed by atoms with Crippen molar-refractivity contribution in [2.75, 3.05) is 26.2 Å². The molecule has 1 aromatic heterocycles. The van der Waals surface area contributed by atoms with Crippen LogP contribution in [0, 0.1) is 0 Å². The molecule has 2 atom stereocenters. The molecule has 2 aromatic carbocycles. The Balaban J connectivity index is 1.64. The molecular weight excluding hydrogens is 474 g/mol. The number of aromatic nitrogens is 1. The number of ether oxygens (including phenoxy) is 1. The molecule has 190 valence electrons. The van der Waals surface area contributed by atoms with Gasteiger partial charge in [-0.1, -0.05) is 12.1 Å². The number of benzene rings is 2. The number of aromatic amines is 1. The van der Waals surface area contributed by atoms with Gasteiger partial charge in [-0.05, 0) is 48.4 Å². The van der Waals surface area contributed by atoms with Gasteiger partial charge in [0.1, 0.15) is 23.1 Å². The van der Waals surface area contributed by atoms with Gasteiger partial charge in [-0.25, -0.2) is 4.79 Å². The molecule has 36 heavy (non-hydrogen) atoms. The lowest BCUT2D eigenvalue weighted by Crippen LogP contribution is -2.53. The Kier molecular flexibility index (Phi) is 6.05. The van der Waals surface area contributed by atoms with Crippen LogP contribution in [0.25, 0.3) is 10.9 Å². The highest BCUT2D eigenvalue weighted by molar-refractivity contribution is 6.08. The fourth-order valence-corrected chi connectivity index (χ4v) is 5.30. The van der Waals surface area contributed by atoms with E-state index in [0.29, 0.717) is 35.2 Å². The number of hydrogen-bond acceptors (Lipinski definition) is 6. The zero-order valence-electron chi connectivity index (χ0n) is 19.5. The van der Waals surface area contributed by atoms with Gasteiger partial charge in [-0.2, -0.15) is 8.78 Å². The molecule has 1 fully saturated rings. The number of nitrogens with one attached hydrogen (secondary N) is 2. The van der Waals surface area contributed by atoms with Gasteiger partial charge >= 0.3 is 12.6 Å². The van der Waals surface area contributed by atoms with E-state index in [1.54, 1.807) is 31.2 Å². The number of rotatable bonds is 8. The Bertz CT molecular complexity index is 1330. The minimum absolute atomic E-state index is 0.00749. The first-order valence-electron chi connectivity index (χ1n) is 11.6. The third-order valence-corrected chi connectivity index (χ3v) is 6.85. The number of aliphatic hydroxyl groups is 1. The second-order valence-corrected chi connectivity index (χ2v) is 9.13. The van der Waals surface area contributed by atoms with Crippen LogP contribution in [0.2, 0.25) is 0 Å². The van der Waals surface area contributed by atoms with Crippen LogP contribution in [0.4, 0.5) is 13.6 Å². The largest absolute Gasteiger partial charge is 0.508 e. The third-order valence-electron chi connectivity index (χ3n) is 6.85. The van der Waals surface area contributed by atoms with Gasteiger partial charge < -0.3 is 25.3 Å². The monoisotopic (exact) mass is 500 g/mol. The predicted molar refractivity (Wildman–Crippen MR) is 126 cm³/mol. The quantitative estimate of drug-likeness (QED) is 0.279. The fourth-order valence-electron chi connectivity index (χ4n) is 5.30. The number of urea groups is 1. The Morgan fingerprint density at radius 1 is 1.22 bits per heavy atom. The van der Waals surface area contributed by atoms with Crippen molar-refractivity contribution in [3.63, 3.8) is 0 Å². The smallest absolute Gasteiger partial charge is 0.387 e. The number of amides is 3. The molecule has 5 rings (SSSR count). The summed E-state index contributed by atoms with van der Waals surface area (Å²) in [5.41, 5.74) is 1.37. The lowest BCUT2D eigenvalue weighted by Gasteiger charge is -2.42. The molecule has 3 amide bonds. The van der Waals surface area contributed by atoms with E-state index in [1.165, 1.54) is 28.0 Å². The number of hydrogen-bond donors (Lipinski definition) is 4. The summed E-state index contributed by atoms with van der Waals surface area (Å²) in [6, 6.07) is 9.85. The van der Waals surface area contributed by atoms with Gasteiger partial charge in [0.15, 0.2) is 0 Å². The highest BCUT2D eigenvalue weighted by Gasteiger charge is 2.60. The maximum Gasteiger partial charge on any atom is 0.387 e. The van der Waals surface area contributed by atoms with Gasteiger partial charge in [-0.3, -0.25) is 14.6 Å². The summed E-state index contributed by atoms with van der Waals surface area (Å²) in [5.74, 6) is -0.372.